The van der Waals surface area contributed by atoms with Crippen molar-refractivity contribution in [1.29, 1.82) is 0 Å². The zero-order valence-corrected chi connectivity index (χ0v) is 17.9. The van der Waals surface area contributed by atoms with Crippen LogP contribution in [0.1, 0.15) is 24.4 Å². The van der Waals surface area contributed by atoms with Crippen molar-refractivity contribution >= 4 is 40.2 Å². The Morgan fingerprint density at radius 2 is 1.84 bits per heavy atom. The van der Waals surface area contributed by atoms with Crippen LogP contribution in [0.15, 0.2) is 29.0 Å². The highest BCUT2D eigenvalue weighted by molar-refractivity contribution is 7.14. The molecule has 0 atom stereocenters. The van der Waals surface area contributed by atoms with Gasteiger partial charge in [-0.2, -0.15) is 13.2 Å². The highest BCUT2D eigenvalue weighted by Gasteiger charge is 2.39. The van der Waals surface area contributed by atoms with E-state index in [0.717, 1.165) is 38.2 Å². The van der Waals surface area contributed by atoms with Gasteiger partial charge in [0, 0.05) is 28.6 Å². The number of carboxylic acids is 1. The number of rotatable bonds is 3. The maximum Gasteiger partial charge on any atom is 0.490 e. The number of benzene rings is 1. The van der Waals surface area contributed by atoms with Gasteiger partial charge in [0.05, 0.1) is 11.1 Å². The number of thiazole rings is 2. The second-order valence-corrected chi connectivity index (χ2v) is 8.81. The van der Waals surface area contributed by atoms with Crippen LogP contribution in [0, 0.1) is 0 Å². The van der Waals surface area contributed by atoms with Gasteiger partial charge in [-0.05, 0) is 31.5 Å². The first-order valence-corrected chi connectivity index (χ1v) is 10.6. The molecule has 1 aliphatic heterocycles. The SMILES string of the molecule is CC1(C)C(=O)Nc2ccc(-c3csc(-c4csc(CN)n4)n3)cc21.O=C(O)C(F)(F)F. The number of amides is 1. The molecule has 164 valence electrons. The summed E-state index contributed by atoms with van der Waals surface area (Å²) in [6.07, 6.45) is -5.08. The minimum atomic E-state index is -5.08. The Kier molecular flexibility index (Phi) is 6.16. The number of aromatic nitrogens is 2. The first-order chi connectivity index (χ1) is 14.4. The van der Waals surface area contributed by atoms with Crippen LogP contribution in [0.2, 0.25) is 0 Å². The van der Waals surface area contributed by atoms with Crippen molar-refractivity contribution in [3.8, 4) is 22.0 Å². The fourth-order valence-electron chi connectivity index (χ4n) is 2.76. The van der Waals surface area contributed by atoms with Gasteiger partial charge in [0.1, 0.15) is 15.7 Å². The summed E-state index contributed by atoms with van der Waals surface area (Å²) >= 11 is 3.12. The van der Waals surface area contributed by atoms with E-state index in [9.17, 15) is 18.0 Å². The highest BCUT2D eigenvalue weighted by Crippen LogP contribution is 2.40. The third-order valence-corrected chi connectivity index (χ3v) is 6.23. The van der Waals surface area contributed by atoms with Crippen molar-refractivity contribution < 1.29 is 27.9 Å². The number of halogens is 3. The molecule has 0 saturated heterocycles. The molecule has 0 spiro atoms. The number of anilines is 1. The Labute approximate surface area is 182 Å². The number of nitrogens with zero attached hydrogens (tertiary/aromatic N) is 2. The monoisotopic (exact) mass is 470 g/mol. The van der Waals surface area contributed by atoms with Gasteiger partial charge < -0.3 is 16.2 Å². The van der Waals surface area contributed by atoms with Gasteiger partial charge >= 0.3 is 12.1 Å². The summed E-state index contributed by atoms with van der Waals surface area (Å²) in [5.41, 5.74) is 9.78. The van der Waals surface area contributed by atoms with E-state index < -0.39 is 17.6 Å². The van der Waals surface area contributed by atoms with Crippen LogP contribution in [0.5, 0.6) is 0 Å². The predicted molar refractivity (Wildman–Crippen MR) is 112 cm³/mol. The number of aliphatic carboxylic acids is 1. The topological polar surface area (TPSA) is 118 Å². The van der Waals surface area contributed by atoms with Crippen molar-refractivity contribution in [2.24, 2.45) is 5.73 Å². The first kappa shape index (κ1) is 22.8. The highest BCUT2D eigenvalue weighted by atomic mass is 32.1. The van der Waals surface area contributed by atoms with Crippen molar-refractivity contribution in [2.45, 2.75) is 32.0 Å². The standard InChI is InChI=1S/C17H16N4OS2.C2HF3O2/c1-17(2)10-5-9(3-4-11(10)21-16(17)22)12-7-24-15(20-12)13-8-23-14(6-18)19-13;3-2(4,5)1(6)7/h3-5,7-8H,6,18H2,1-2H3,(H,21,22);(H,6,7). The molecule has 2 aromatic heterocycles. The van der Waals surface area contributed by atoms with Crippen LogP contribution in [0.25, 0.3) is 22.0 Å². The molecule has 7 nitrogen and oxygen atoms in total. The van der Waals surface area contributed by atoms with E-state index in [1.54, 1.807) is 22.7 Å². The molecule has 1 aromatic carbocycles. The fourth-order valence-corrected chi connectivity index (χ4v) is 4.28. The molecule has 0 unspecified atom stereocenters. The van der Waals surface area contributed by atoms with Crippen LogP contribution in [-0.2, 0) is 21.5 Å². The number of carboxylic acid groups (broad SMARTS) is 1. The minimum absolute atomic E-state index is 0.0328. The van der Waals surface area contributed by atoms with E-state index in [4.69, 9.17) is 20.6 Å². The second-order valence-electron chi connectivity index (χ2n) is 7.01. The average Bonchev–Trinajstić information content (AvgIpc) is 3.41. The van der Waals surface area contributed by atoms with Gasteiger partial charge in [-0.1, -0.05) is 6.07 Å². The maximum absolute atomic E-state index is 12.1. The molecule has 4 N–H and O–H groups in total. The molecule has 0 saturated carbocycles. The zero-order valence-electron chi connectivity index (χ0n) is 16.3. The Hall–Kier alpha value is -2.83. The normalized spacial score (nSPS) is 14.5. The molecule has 1 amide bonds. The number of hydrogen-bond acceptors (Lipinski definition) is 7. The van der Waals surface area contributed by atoms with Crippen molar-refractivity contribution in [3.63, 3.8) is 0 Å². The average molecular weight is 470 g/mol. The second kappa shape index (κ2) is 8.36. The molecule has 0 aliphatic carbocycles. The Morgan fingerprint density at radius 1 is 1.19 bits per heavy atom. The summed E-state index contributed by atoms with van der Waals surface area (Å²) in [5.74, 6) is -2.72. The largest absolute Gasteiger partial charge is 0.490 e. The molecular weight excluding hydrogens is 453 g/mol. The van der Waals surface area contributed by atoms with Gasteiger partial charge in [0.15, 0.2) is 0 Å². The molecule has 3 aromatic rings. The first-order valence-electron chi connectivity index (χ1n) is 8.80. The smallest absolute Gasteiger partial charge is 0.475 e. The lowest BCUT2D eigenvalue weighted by atomic mass is 9.85. The Balaban J connectivity index is 0.000000339. The fraction of sp³-hybridized carbons (Fsp3) is 0.263. The third-order valence-electron chi connectivity index (χ3n) is 4.50. The van der Waals surface area contributed by atoms with E-state index >= 15 is 0 Å². The molecule has 1 aliphatic rings. The van der Waals surface area contributed by atoms with Gasteiger partial charge in [0.25, 0.3) is 0 Å². The summed E-state index contributed by atoms with van der Waals surface area (Å²) in [5, 5.41) is 15.9. The molecule has 31 heavy (non-hydrogen) atoms. The maximum atomic E-state index is 12.1. The molecule has 0 radical (unpaired) electrons. The van der Waals surface area contributed by atoms with E-state index in [1.807, 2.05) is 36.7 Å². The summed E-state index contributed by atoms with van der Waals surface area (Å²) in [6, 6.07) is 6.00. The molecule has 3 heterocycles. The summed E-state index contributed by atoms with van der Waals surface area (Å²) < 4.78 is 31.7. The number of nitrogens with one attached hydrogen (secondary N) is 1. The molecule has 12 heteroatoms. The minimum Gasteiger partial charge on any atom is -0.475 e. The van der Waals surface area contributed by atoms with Crippen LogP contribution >= 0.6 is 22.7 Å². The van der Waals surface area contributed by atoms with Gasteiger partial charge in [-0.3, -0.25) is 4.79 Å². The molecule has 4 rings (SSSR count). The number of carbonyl (C=O) groups is 2. The zero-order chi connectivity index (χ0) is 23.0. The number of carbonyl (C=O) groups excluding carboxylic acids is 1. The Bertz CT molecular complexity index is 1140. The molecule has 0 bridgehead atoms. The molecular formula is C19H17F3N4O3S2. The lowest BCUT2D eigenvalue weighted by Gasteiger charge is -2.15. The predicted octanol–water partition coefficient (Wildman–Crippen LogP) is 4.26. The lowest BCUT2D eigenvalue weighted by molar-refractivity contribution is -0.192. The van der Waals surface area contributed by atoms with E-state index in [1.165, 1.54) is 0 Å². The van der Waals surface area contributed by atoms with Crippen LogP contribution in [0.4, 0.5) is 18.9 Å². The van der Waals surface area contributed by atoms with E-state index in [-0.39, 0.29) is 5.91 Å². The quantitative estimate of drug-likeness (QED) is 0.527. The lowest BCUT2D eigenvalue weighted by Crippen LogP contribution is -2.26. The van der Waals surface area contributed by atoms with Crippen LogP contribution in [-0.4, -0.2) is 33.1 Å². The summed E-state index contributed by atoms with van der Waals surface area (Å²) in [6.45, 7) is 4.33. The third kappa shape index (κ3) is 4.75. The van der Waals surface area contributed by atoms with Gasteiger partial charge in [-0.25, -0.2) is 14.8 Å². The molecule has 0 fully saturated rings. The van der Waals surface area contributed by atoms with E-state index in [2.05, 4.69) is 16.4 Å². The van der Waals surface area contributed by atoms with Crippen LogP contribution in [0.3, 0.4) is 0 Å². The number of alkyl halides is 3. The van der Waals surface area contributed by atoms with E-state index in [0.29, 0.717) is 6.54 Å². The van der Waals surface area contributed by atoms with Crippen molar-refractivity contribution in [2.75, 3.05) is 5.32 Å². The Morgan fingerprint density at radius 3 is 2.42 bits per heavy atom. The van der Waals surface area contributed by atoms with Crippen LogP contribution < -0.4 is 11.1 Å². The van der Waals surface area contributed by atoms with Gasteiger partial charge in [0.2, 0.25) is 5.91 Å². The number of nitrogens with two attached hydrogens (primary N) is 1. The summed E-state index contributed by atoms with van der Waals surface area (Å²) in [7, 11) is 0. The van der Waals surface area contributed by atoms with Crippen molar-refractivity contribution in [3.05, 3.63) is 39.5 Å². The number of hydrogen-bond donors (Lipinski definition) is 3. The summed E-state index contributed by atoms with van der Waals surface area (Å²) in [4.78, 5) is 30.2. The number of fused-ring (bicyclic) bond motifs is 1. The van der Waals surface area contributed by atoms with Crippen molar-refractivity contribution in [1.82, 2.24) is 9.97 Å². The van der Waals surface area contributed by atoms with Gasteiger partial charge in [-0.15, -0.1) is 22.7 Å².